The Kier molecular flexibility index (Phi) is 6.73. The molecule has 0 N–H and O–H groups in total. The maximum absolute atomic E-state index is 13.1. The summed E-state index contributed by atoms with van der Waals surface area (Å²) in [5.41, 5.74) is 0. The summed E-state index contributed by atoms with van der Waals surface area (Å²) in [5, 5.41) is 0. The molecule has 0 aromatic rings. The van der Waals surface area contributed by atoms with Gasteiger partial charge in [-0.25, -0.2) is 13.2 Å². The zero-order chi connectivity index (χ0) is 25.2. The fourth-order valence-corrected chi connectivity index (χ4v) is 1.51. The van der Waals surface area contributed by atoms with Gasteiger partial charge >= 0.3 is 47.6 Å². The van der Waals surface area contributed by atoms with Gasteiger partial charge in [0, 0.05) is 0 Å². The van der Waals surface area contributed by atoms with E-state index in [2.05, 4.69) is 0 Å². The molecule has 0 aliphatic rings. The smallest absolute Gasteiger partial charge is 0.234 e. The van der Waals surface area contributed by atoms with Crippen LogP contribution in [0.5, 0.6) is 0 Å². The Hall–Kier alpha value is -1.40. The van der Waals surface area contributed by atoms with Gasteiger partial charge in [0.1, 0.15) is 0 Å². The predicted molar refractivity (Wildman–Crippen MR) is 51.6 cm³/mol. The molecule has 0 aliphatic carbocycles. The van der Waals surface area contributed by atoms with Crippen LogP contribution in [0.1, 0.15) is 0 Å². The first-order valence-corrected chi connectivity index (χ1v) is 6.24. The molecule has 0 rings (SSSR count). The first-order chi connectivity index (χ1) is 12.6. The van der Waals surface area contributed by atoms with Crippen LogP contribution in [-0.4, -0.2) is 60.2 Å². The van der Waals surface area contributed by atoms with E-state index in [9.17, 15) is 87.8 Å². The van der Waals surface area contributed by atoms with E-state index in [1.54, 1.807) is 0 Å². The lowest BCUT2D eigenvalue weighted by molar-refractivity contribution is -0.464. The molecule has 0 radical (unpaired) electrons. The largest absolute Gasteiger partial charge is 0.460 e. The van der Waals surface area contributed by atoms with Crippen LogP contribution in [0.2, 0.25) is 0 Å². The van der Waals surface area contributed by atoms with Crippen LogP contribution < -0.4 is 0 Å². The van der Waals surface area contributed by atoms with Gasteiger partial charge in [-0.3, -0.25) is 0 Å². The van der Waals surface area contributed by atoms with Crippen molar-refractivity contribution in [1.29, 1.82) is 0 Å². The monoisotopic (exact) mass is 502 g/mol. The van der Waals surface area contributed by atoms with Gasteiger partial charge in [-0.05, 0) is 0 Å². The molecule has 0 aliphatic heterocycles. The summed E-state index contributed by atoms with van der Waals surface area (Å²) in [7, 11) is 0. The topological polar surface area (TPSA) is 0 Å². The molecule has 0 bridgehead atoms. The highest BCUT2D eigenvalue weighted by atomic mass is 19.4. The third kappa shape index (κ3) is 3.40. The van der Waals surface area contributed by atoms with Crippen molar-refractivity contribution in [3.8, 4) is 0 Å². The lowest BCUT2D eigenvalue weighted by Crippen LogP contribution is -2.75. The van der Waals surface area contributed by atoms with E-state index >= 15 is 0 Å². The second kappa shape index (κ2) is 7.06. The molecular weight excluding hydrogens is 500 g/mol. The van der Waals surface area contributed by atoms with Crippen LogP contribution in [0.4, 0.5) is 87.8 Å². The Balaban J connectivity index is 6.77. The van der Waals surface area contributed by atoms with Gasteiger partial charge in [0.2, 0.25) is 6.17 Å². The van der Waals surface area contributed by atoms with Crippen LogP contribution in [0.25, 0.3) is 0 Å². The molecule has 0 spiro atoms. The van der Waals surface area contributed by atoms with Crippen molar-refractivity contribution in [2.75, 3.05) is 0 Å². The minimum absolute atomic E-state index is 5.40. The Labute approximate surface area is 149 Å². The Bertz CT molecular complexity index is 610. The molecule has 1 unspecified atom stereocenters. The van der Waals surface area contributed by atoms with Crippen molar-refractivity contribution >= 4 is 0 Å². The summed E-state index contributed by atoms with van der Waals surface area (Å²) in [6.45, 7) is 0. The van der Waals surface area contributed by atoms with Crippen molar-refractivity contribution < 1.29 is 87.8 Å². The first-order valence-electron chi connectivity index (χ1n) is 6.24. The molecule has 0 aromatic heterocycles. The van der Waals surface area contributed by atoms with Crippen molar-refractivity contribution in [2.45, 2.75) is 60.2 Å². The summed E-state index contributed by atoms with van der Waals surface area (Å²) in [5.74, 6) is -59.8. The first kappa shape index (κ1) is 28.6. The van der Waals surface area contributed by atoms with Crippen LogP contribution in [0.15, 0.2) is 0 Å². The summed E-state index contributed by atoms with van der Waals surface area (Å²) < 4.78 is 252. The Morgan fingerprint density at radius 1 is 0.333 bits per heavy atom. The van der Waals surface area contributed by atoms with E-state index in [0.717, 1.165) is 0 Å². The van der Waals surface area contributed by atoms with Gasteiger partial charge in [-0.15, -0.1) is 0 Å². The van der Waals surface area contributed by atoms with Crippen LogP contribution in [0, 0.1) is 0 Å². The van der Waals surface area contributed by atoms with Gasteiger partial charge in [0.05, 0.1) is 0 Å². The minimum Gasteiger partial charge on any atom is -0.234 e. The number of hydrogen-bond donors (Lipinski definition) is 0. The fraction of sp³-hybridized carbons (Fsp3) is 1.00. The van der Waals surface area contributed by atoms with Gasteiger partial charge in [-0.1, -0.05) is 0 Å². The highest BCUT2D eigenvalue weighted by Gasteiger charge is 2.95. The van der Waals surface area contributed by atoms with E-state index in [4.69, 9.17) is 0 Å². The standard InChI is InChI=1S/C10H2F20/c11-1(2(12)13)3(14,15)4(16,17)5(18,19)6(20,21)7(22,23)8(24,25)9(26,27)10(28,29)30/h1-2H. The average molecular weight is 502 g/mol. The Morgan fingerprint density at radius 3 is 0.800 bits per heavy atom. The van der Waals surface area contributed by atoms with Gasteiger partial charge < -0.3 is 0 Å². The van der Waals surface area contributed by atoms with Crippen molar-refractivity contribution in [3.63, 3.8) is 0 Å². The molecule has 30 heavy (non-hydrogen) atoms. The molecule has 0 saturated heterocycles. The number of rotatable bonds is 8. The van der Waals surface area contributed by atoms with Crippen molar-refractivity contribution in [2.24, 2.45) is 0 Å². The third-order valence-electron chi connectivity index (χ3n) is 3.31. The van der Waals surface area contributed by atoms with Gasteiger partial charge in [0.25, 0.3) is 6.43 Å². The van der Waals surface area contributed by atoms with E-state index in [1.165, 1.54) is 0 Å². The van der Waals surface area contributed by atoms with Crippen molar-refractivity contribution in [3.05, 3.63) is 0 Å². The Morgan fingerprint density at radius 2 is 0.567 bits per heavy atom. The van der Waals surface area contributed by atoms with Crippen molar-refractivity contribution in [1.82, 2.24) is 0 Å². The SMILES string of the molecule is FC(F)C(F)C(F)(F)C(F)(F)C(F)(F)C(F)(F)C(F)(F)C(F)(F)C(F)(F)C(F)(F)F. The van der Waals surface area contributed by atoms with Crippen LogP contribution in [-0.2, 0) is 0 Å². The average Bonchev–Trinajstić information content (AvgIpc) is 2.51. The normalized spacial score (nSPS) is 17.5. The molecule has 0 aromatic carbocycles. The van der Waals surface area contributed by atoms with E-state index < -0.39 is 60.2 Å². The number of halogens is 20. The summed E-state index contributed by atoms with van der Waals surface area (Å²) in [4.78, 5) is 0. The summed E-state index contributed by atoms with van der Waals surface area (Å²) in [6.07, 6.45) is -19.1. The lowest BCUT2D eigenvalue weighted by Gasteiger charge is -2.43. The lowest BCUT2D eigenvalue weighted by atomic mass is 9.88. The zero-order valence-electron chi connectivity index (χ0n) is 12.7. The fourth-order valence-electron chi connectivity index (χ4n) is 1.51. The van der Waals surface area contributed by atoms with Crippen LogP contribution in [0.3, 0.4) is 0 Å². The molecule has 0 amide bonds. The minimum atomic E-state index is -8.92. The maximum atomic E-state index is 13.1. The summed E-state index contributed by atoms with van der Waals surface area (Å²) >= 11 is 0. The zero-order valence-corrected chi connectivity index (χ0v) is 12.7. The van der Waals surface area contributed by atoms with E-state index in [0.29, 0.717) is 0 Å². The molecule has 0 saturated carbocycles. The molecule has 182 valence electrons. The molecule has 20 heteroatoms. The molecule has 1 atom stereocenters. The second-order valence-electron chi connectivity index (χ2n) is 5.30. The van der Waals surface area contributed by atoms with Gasteiger partial charge in [0.15, 0.2) is 0 Å². The molecule has 0 fully saturated rings. The quantitative estimate of drug-likeness (QED) is 0.329. The van der Waals surface area contributed by atoms with Crippen LogP contribution >= 0.6 is 0 Å². The molecule has 0 heterocycles. The second-order valence-corrected chi connectivity index (χ2v) is 5.30. The van der Waals surface area contributed by atoms with E-state index in [-0.39, 0.29) is 0 Å². The predicted octanol–water partition coefficient (Wildman–Crippen LogP) is 6.60. The molecular formula is C10H2F20. The maximum Gasteiger partial charge on any atom is 0.460 e. The third-order valence-corrected chi connectivity index (χ3v) is 3.31. The number of hydrogen-bond acceptors (Lipinski definition) is 0. The highest BCUT2D eigenvalue weighted by Crippen LogP contribution is 2.64. The summed E-state index contributed by atoms with van der Waals surface area (Å²) in [6, 6.07) is 0. The highest BCUT2D eigenvalue weighted by molar-refractivity contribution is 5.15. The van der Waals surface area contributed by atoms with Gasteiger partial charge in [-0.2, -0.15) is 74.6 Å². The molecule has 0 nitrogen and oxygen atoms in total. The number of alkyl halides is 20. The van der Waals surface area contributed by atoms with E-state index in [1.807, 2.05) is 0 Å².